The molecule has 0 saturated heterocycles. The minimum atomic E-state index is -0.229. The van der Waals surface area contributed by atoms with Crippen LogP contribution in [0.5, 0.6) is 0 Å². The molecule has 1 atom stereocenters. The Kier molecular flexibility index (Phi) is 4.04. The van der Waals surface area contributed by atoms with Crippen LogP contribution in [0.25, 0.3) is 0 Å². The van der Waals surface area contributed by atoms with E-state index in [0.717, 1.165) is 18.5 Å². The fraction of sp³-hybridized carbons (Fsp3) is 0.385. The zero-order chi connectivity index (χ0) is 13.0. The molecule has 2 aromatic rings. The van der Waals surface area contributed by atoms with Gasteiger partial charge in [0.05, 0.1) is 24.5 Å². The molecule has 5 heteroatoms. The molecule has 1 heterocycles. The molecule has 0 radical (unpaired) electrons. The van der Waals surface area contributed by atoms with E-state index >= 15 is 0 Å². The zero-order valence-corrected chi connectivity index (χ0v) is 10.4. The van der Waals surface area contributed by atoms with Crippen molar-refractivity contribution in [2.45, 2.75) is 32.4 Å². The summed E-state index contributed by atoms with van der Waals surface area (Å²) in [6.45, 7) is 2.45. The number of halogens is 1. The second-order valence-electron chi connectivity index (χ2n) is 4.33. The van der Waals surface area contributed by atoms with Crippen LogP contribution in [-0.4, -0.2) is 15.0 Å². The molecule has 96 valence electrons. The molecule has 0 aliphatic heterocycles. The van der Waals surface area contributed by atoms with Crippen LogP contribution in [0.2, 0.25) is 0 Å². The summed E-state index contributed by atoms with van der Waals surface area (Å²) >= 11 is 0. The van der Waals surface area contributed by atoms with E-state index < -0.39 is 0 Å². The van der Waals surface area contributed by atoms with Crippen molar-refractivity contribution in [1.29, 1.82) is 0 Å². The topological polar surface area (TPSA) is 56.7 Å². The summed E-state index contributed by atoms with van der Waals surface area (Å²) in [5, 5.41) is 8.00. The van der Waals surface area contributed by atoms with Gasteiger partial charge in [0.15, 0.2) is 0 Å². The molecule has 18 heavy (non-hydrogen) atoms. The molecule has 0 bridgehead atoms. The number of hydrogen-bond acceptors (Lipinski definition) is 3. The average molecular weight is 248 g/mol. The lowest BCUT2D eigenvalue weighted by Gasteiger charge is -2.04. The van der Waals surface area contributed by atoms with Gasteiger partial charge in [-0.25, -0.2) is 9.07 Å². The van der Waals surface area contributed by atoms with Crippen LogP contribution in [0.4, 0.5) is 4.39 Å². The van der Waals surface area contributed by atoms with Gasteiger partial charge in [-0.3, -0.25) is 0 Å². The van der Waals surface area contributed by atoms with E-state index in [1.54, 1.807) is 29.1 Å². The van der Waals surface area contributed by atoms with E-state index in [1.807, 2.05) is 0 Å². The lowest BCUT2D eigenvalue weighted by atomic mass is 10.1. The predicted molar refractivity (Wildman–Crippen MR) is 67.4 cm³/mol. The van der Waals surface area contributed by atoms with E-state index in [9.17, 15) is 4.39 Å². The van der Waals surface area contributed by atoms with E-state index in [-0.39, 0.29) is 11.9 Å². The van der Waals surface area contributed by atoms with E-state index in [0.29, 0.717) is 12.1 Å². The SMILES string of the molecule is CCC[C@@H](N)c1cn(Cc2ccccc2F)nn1. The molecule has 2 N–H and O–H groups in total. The number of benzene rings is 1. The molecule has 0 unspecified atom stereocenters. The van der Waals surface area contributed by atoms with Crippen LogP contribution in [0.1, 0.15) is 37.1 Å². The van der Waals surface area contributed by atoms with Crippen LogP contribution >= 0.6 is 0 Å². The van der Waals surface area contributed by atoms with E-state index in [4.69, 9.17) is 5.73 Å². The van der Waals surface area contributed by atoms with Crippen molar-refractivity contribution in [3.8, 4) is 0 Å². The van der Waals surface area contributed by atoms with Crippen LogP contribution in [0.15, 0.2) is 30.5 Å². The quantitative estimate of drug-likeness (QED) is 0.883. The molecule has 1 aromatic heterocycles. The smallest absolute Gasteiger partial charge is 0.128 e. The van der Waals surface area contributed by atoms with Gasteiger partial charge < -0.3 is 5.73 Å². The Morgan fingerprint density at radius 2 is 2.17 bits per heavy atom. The Morgan fingerprint density at radius 3 is 2.89 bits per heavy atom. The van der Waals surface area contributed by atoms with Gasteiger partial charge in [0, 0.05) is 5.56 Å². The monoisotopic (exact) mass is 248 g/mol. The summed E-state index contributed by atoms with van der Waals surface area (Å²) in [7, 11) is 0. The molecule has 0 aliphatic carbocycles. The Hall–Kier alpha value is -1.75. The van der Waals surface area contributed by atoms with Crippen LogP contribution in [-0.2, 0) is 6.54 Å². The number of aromatic nitrogens is 3. The van der Waals surface area contributed by atoms with Gasteiger partial charge in [0.25, 0.3) is 0 Å². The van der Waals surface area contributed by atoms with Crippen molar-refractivity contribution in [2.24, 2.45) is 5.73 Å². The van der Waals surface area contributed by atoms with Crippen molar-refractivity contribution in [3.63, 3.8) is 0 Å². The first-order chi connectivity index (χ1) is 8.70. The first-order valence-corrected chi connectivity index (χ1v) is 6.09. The van der Waals surface area contributed by atoms with Crippen molar-refractivity contribution < 1.29 is 4.39 Å². The summed E-state index contributed by atoms with van der Waals surface area (Å²) in [5.41, 5.74) is 7.31. The summed E-state index contributed by atoms with van der Waals surface area (Å²) in [4.78, 5) is 0. The highest BCUT2D eigenvalue weighted by Crippen LogP contribution is 2.13. The maximum absolute atomic E-state index is 13.5. The maximum atomic E-state index is 13.5. The molecule has 0 amide bonds. The summed E-state index contributed by atoms with van der Waals surface area (Å²) in [6, 6.07) is 6.56. The predicted octanol–water partition coefficient (Wildman–Crippen LogP) is 2.27. The largest absolute Gasteiger partial charge is 0.323 e. The summed E-state index contributed by atoms with van der Waals surface area (Å²) in [5.74, 6) is -0.229. The number of rotatable bonds is 5. The molecule has 0 aliphatic rings. The van der Waals surface area contributed by atoms with Gasteiger partial charge >= 0.3 is 0 Å². The molecule has 0 spiro atoms. The van der Waals surface area contributed by atoms with Gasteiger partial charge in [-0.1, -0.05) is 36.8 Å². The lowest BCUT2D eigenvalue weighted by molar-refractivity contribution is 0.577. The third kappa shape index (κ3) is 2.92. The van der Waals surface area contributed by atoms with E-state index in [2.05, 4.69) is 17.2 Å². The third-order valence-corrected chi connectivity index (χ3v) is 2.83. The van der Waals surface area contributed by atoms with E-state index in [1.165, 1.54) is 6.07 Å². The molecule has 0 fully saturated rings. The Labute approximate surface area is 106 Å². The van der Waals surface area contributed by atoms with Gasteiger partial charge in [-0.05, 0) is 12.5 Å². The van der Waals surface area contributed by atoms with Crippen molar-refractivity contribution in [3.05, 3.63) is 47.5 Å². The fourth-order valence-corrected chi connectivity index (χ4v) is 1.82. The Morgan fingerprint density at radius 1 is 1.39 bits per heavy atom. The van der Waals surface area contributed by atoms with Crippen molar-refractivity contribution in [1.82, 2.24) is 15.0 Å². The van der Waals surface area contributed by atoms with Gasteiger partial charge in [-0.2, -0.15) is 0 Å². The lowest BCUT2D eigenvalue weighted by Crippen LogP contribution is -2.10. The van der Waals surface area contributed by atoms with Crippen LogP contribution in [0, 0.1) is 5.82 Å². The third-order valence-electron chi connectivity index (χ3n) is 2.83. The maximum Gasteiger partial charge on any atom is 0.128 e. The zero-order valence-electron chi connectivity index (χ0n) is 10.4. The first-order valence-electron chi connectivity index (χ1n) is 6.09. The standard InChI is InChI=1S/C13H17FN4/c1-2-5-12(15)13-9-18(17-16-13)8-10-6-3-4-7-11(10)14/h3-4,6-7,9,12H,2,5,8,15H2,1H3/t12-/m1/s1. The Bertz CT molecular complexity index is 509. The molecule has 0 saturated carbocycles. The van der Waals surface area contributed by atoms with Gasteiger partial charge in [0.2, 0.25) is 0 Å². The molecule has 4 nitrogen and oxygen atoms in total. The molecule has 2 rings (SSSR count). The highest BCUT2D eigenvalue weighted by atomic mass is 19.1. The van der Waals surface area contributed by atoms with Gasteiger partial charge in [-0.15, -0.1) is 5.10 Å². The number of nitrogens with two attached hydrogens (primary N) is 1. The average Bonchev–Trinajstić information content (AvgIpc) is 2.81. The van der Waals surface area contributed by atoms with Crippen LogP contribution in [0.3, 0.4) is 0 Å². The highest BCUT2D eigenvalue weighted by molar-refractivity contribution is 5.17. The number of nitrogens with zero attached hydrogens (tertiary/aromatic N) is 3. The Balaban J connectivity index is 2.09. The summed E-state index contributed by atoms with van der Waals surface area (Å²) < 4.78 is 15.1. The highest BCUT2D eigenvalue weighted by Gasteiger charge is 2.10. The molecular formula is C13H17FN4. The second kappa shape index (κ2) is 5.73. The summed E-state index contributed by atoms with van der Waals surface area (Å²) in [6.07, 6.45) is 3.66. The van der Waals surface area contributed by atoms with Gasteiger partial charge in [0.1, 0.15) is 5.82 Å². The minimum Gasteiger partial charge on any atom is -0.323 e. The molecular weight excluding hydrogens is 231 g/mol. The van der Waals surface area contributed by atoms with Crippen molar-refractivity contribution in [2.75, 3.05) is 0 Å². The first kappa shape index (κ1) is 12.7. The van der Waals surface area contributed by atoms with Crippen molar-refractivity contribution >= 4 is 0 Å². The normalized spacial score (nSPS) is 12.6. The number of hydrogen-bond donors (Lipinski definition) is 1. The second-order valence-corrected chi connectivity index (χ2v) is 4.33. The minimum absolute atomic E-state index is 0.0932. The fourth-order valence-electron chi connectivity index (χ4n) is 1.82. The molecule has 1 aromatic carbocycles. The van der Waals surface area contributed by atoms with Crippen LogP contribution < -0.4 is 5.73 Å².